The van der Waals surface area contributed by atoms with Crippen molar-refractivity contribution in [2.45, 2.75) is 19.1 Å². The van der Waals surface area contributed by atoms with Crippen molar-refractivity contribution in [1.29, 1.82) is 0 Å². The van der Waals surface area contributed by atoms with Crippen LogP contribution >= 0.6 is 23.2 Å². The van der Waals surface area contributed by atoms with Crippen LogP contribution in [0.4, 0.5) is 0 Å². The van der Waals surface area contributed by atoms with Gasteiger partial charge in [0, 0.05) is 7.05 Å². The second kappa shape index (κ2) is 6.51. The van der Waals surface area contributed by atoms with E-state index in [0.29, 0.717) is 10.6 Å². The summed E-state index contributed by atoms with van der Waals surface area (Å²) in [6, 6.07) is 2.89. The third kappa shape index (κ3) is 3.32. The Hall–Kier alpha value is -1.83. The van der Waals surface area contributed by atoms with E-state index in [1.54, 1.807) is 0 Å². The second-order valence-electron chi connectivity index (χ2n) is 4.69. The Labute approximate surface area is 135 Å². The number of hydroxylamine groups is 2. The number of carbonyl (C=O) groups is 3. The minimum absolute atomic E-state index is 0.0733. The molecule has 1 aliphatic heterocycles. The average molecular weight is 347 g/mol. The van der Waals surface area contributed by atoms with Crippen LogP contribution in [0.5, 0.6) is 5.75 Å². The number of likely N-dealkylation sites (tertiary alicyclic amines) is 1. The molecule has 7 nitrogen and oxygen atoms in total. The predicted molar refractivity (Wildman–Crippen MR) is 76.7 cm³/mol. The van der Waals surface area contributed by atoms with Crippen molar-refractivity contribution in [1.82, 2.24) is 9.96 Å². The third-order valence-corrected chi connectivity index (χ3v) is 3.69. The number of imide groups is 1. The summed E-state index contributed by atoms with van der Waals surface area (Å²) >= 11 is 12.1. The van der Waals surface area contributed by atoms with E-state index >= 15 is 0 Å². The van der Waals surface area contributed by atoms with E-state index < -0.39 is 12.0 Å². The molecule has 1 aromatic rings. The van der Waals surface area contributed by atoms with Crippen molar-refractivity contribution in [2.75, 3.05) is 7.05 Å². The molecular formula is C13H12Cl2N2O5. The number of ether oxygens (including phenoxy) is 1. The molecule has 1 atom stereocenters. The van der Waals surface area contributed by atoms with E-state index in [-0.39, 0.29) is 41.1 Å². The Morgan fingerprint density at radius 2 is 2.00 bits per heavy atom. The summed E-state index contributed by atoms with van der Waals surface area (Å²) in [6.45, 7) is -0.104. The highest BCUT2D eigenvalue weighted by atomic mass is 35.5. The maximum Gasteiger partial charge on any atom is 0.270 e. The molecule has 1 fully saturated rings. The number of amides is 3. The molecule has 0 radical (unpaired) electrons. The lowest BCUT2D eigenvalue weighted by atomic mass is 10.2. The van der Waals surface area contributed by atoms with Gasteiger partial charge in [0.15, 0.2) is 11.9 Å². The zero-order chi connectivity index (χ0) is 16.4. The fourth-order valence-corrected chi connectivity index (χ4v) is 2.62. The molecule has 1 aliphatic rings. The number of carbonyl (C=O) groups excluding carboxylic acids is 3. The Morgan fingerprint density at radius 3 is 2.45 bits per heavy atom. The molecule has 1 unspecified atom stereocenters. The third-order valence-electron chi connectivity index (χ3n) is 3.12. The molecular weight excluding hydrogens is 335 g/mol. The number of nitrogens with zero attached hydrogens (tertiary/aromatic N) is 2. The monoisotopic (exact) mass is 346 g/mol. The fourth-order valence-electron chi connectivity index (χ4n) is 2.00. The molecule has 1 aromatic carbocycles. The van der Waals surface area contributed by atoms with Crippen molar-refractivity contribution < 1.29 is 24.3 Å². The smallest absolute Gasteiger partial charge is 0.270 e. The minimum atomic E-state index is -0.970. The topological polar surface area (TPSA) is 87.2 Å². The Kier molecular flexibility index (Phi) is 4.90. The molecule has 0 aromatic heterocycles. The zero-order valence-corrected chi connectivity index (χ0v) is 13.0. The van der Waals surface area contributed by atoms with Gasteiger partial charge in [-0.25, -0.2) is 5.06 Å². The highest BCUT2D eigenvalue weighted by Gasteiger charge is 2.38. The Morgan fingerprint density at radius 1 is 1.41 bits per heavy atom. The van der Waals surface area contributed by atoms with Crippen molar-refractivity contribution in [3.05, 3.63) is 27.7 Å². The van der Waals surface area contributed by atoms with Gasteiger partial charge in [-0.1, -0.05) is 23.2 Å². The van der Waals surface area contributed by atoms with Gasteiger partial charge in [-0.2, -0.15) is 0 Å². The quantitative estimate of drug-likeness (QED) is 0.377. The average Bonchev–Trinajstić information content (AvgIpc) is 2.70. The predicted octanol–water partition coefficient (Wildman–Crippen LogP) is 1.48. The number of hydrogen-bond acceptors (Lipinski definition) is 5. The van der Waals surface area contributed by atoms with Crippen LogP contribution < -0.4 is 4.74 Å². The number of hydrogen-bond donors (Lipinski definition) is 1. The van der Waals surface area contributed by atoms with Crippen LogP contribution in [0.1, 0.15) is 12.0 Å². The lowest BCUT2D eigenvalue weighted by Crippen LogP contribution is -2.30. The fraction of sp³-hybridized carbons (Fsp3) is 0.308. The largest absolute Gasteiger partial charge is 0.477 e. The summed E-state index contributed by atoms with van der Waals surface area (Å²) in [6.07, 6.45) is -0.813. The normalized spacial score (nSPS) is 17.8. The Bertz CT molecular complexity index is 614. The summed E-state index contributed by atoms with van der Waals surface area (Å²) in [4.78, 5) is 34.6. The van der Waals surface area contributed by atoms with Gasteiger partial charge >= 0.3 is 0 Å². The maximum absolute atomic E-state index is 11.8. The summed E-state index contributed by atoms with van der Waals surface area (Å²) < 4.78 is 5.45. The number of likely N-dealkylation sites (N-methyl/N-ethyl adjacent to an activating group) is 1. The first-order valence-electron chi connectivity index (χ1n) is 6.19. The number of rotatable bonds is 5. The molecule has 3 amide bonds. The lowest BCUT2D eigenvalue weighted by Gasteiger charge is -2.16. The van der Waals surface area contributed by atoms with Gasteiger partial charge in [0.2, 0.25) is 12.3 Å². The van der Waals surface area contributed by atoms with Gasteiger partial charge in [0.05, 0.1) is 23.0 Å². The van der Waals surface area contributed by atoms with Gasteiger partial charge in [0.1, 0.15) is 0 Å². The van der Waals surface area contributed by atoms with Gasteiger partial charge in [0.25, 0.3) is 5.91 Å². The molecule has 1 saturated heterocycles. The van der Waals surface area contributed by atoms with Crippen LogP contribution in [0, 0.1) is 0 Å². The van der Waals surface area contributed by atoms with E-state index in [1.165, 1.54) is 19.2 Å². The van der Waals surface area contributed by atoms with Crippen molar-refractivity contribution in [3.8, 4) is 5.75 Å². The summed E-state index contributed by atoms with van der Waals surface area (Å²) in [5.41, 5.74) is 0.475. The van der Waals surface area contributed by atoms with Crippen molar-refractivity contribution >= 4 is 41.4 Å². The van der Waals surface area contributed by atoms with Crippen LogP contribution in [0.3, 0.4) is 0 Å². The molecule has 0 saturated carbocycles. The van der Waals surface area contributed by atoms with Crippen LogP contribution in [0.25, 0.3) is 0 Å². The van der Waals surface area contributed by atoms with E-state index in [0.717, 1.165) is 4.90 Å². The molecule has 0 bridgehead atoms. The minimum Gasteiger partial charge on any atom is -0.477 e. The van der Waals surface area contributed by atoms with Gasteiger partial charge < -0.3 is 4.74 Å². The van der Waals surface area contributed by atoms with E-state index in [2.05, 4.69) is 0 Å². The van der Waals surface area contributed by atoms with E-state index in [4.69, 9.17) is 33.1 Å². The summed E-state index contributed by atoms with van der Waals surface area (Å²) in [5.74, 6) is -0.742. The number of benzene rings is 1. The molecule has 118 valence electrons. The van der Waals surface area contributed by atoms with E-state index in [9.17, 15) is 14.4 Å². The lowest BCUT2D eigenvalue weighted by molar-refractivity contribution is -0.152. The van der Waals surface area contributed by atoms with Crippen molar-refractivity contribution in [3.63, 3.8) is 0 Å². The maximum atomic E-state index is 11.8. The standard InChI is InChI=1S/C13H12Cl2N2O5/c1-16-11(19)4-10(13(16)20)22-12-8(14)2-7(3-9(12)15)5-17(21)6-18/h2-3,6,10,21H,4-5H2,1H3. The van der Waals surface area contributed by atoms with Crippen LogP contribution in [-0.4, -0.2) is 46.5 Å². The summed E-state index contributed by atoms with van der Waals surface area (Å²) in [7, 11) is 1.37. The second-order valence-corrected chi connectivity index (χ2v) is 5.51. The van der Waals surface area contributed by atoms with Gasteiger partial charge in [-0.3, -0.25) is 24.5 Å². The molecule has 1 N–H and O–H groups in total. The summed E-state index contributed by atoms with van der Waals surface area (Å²) in [5, 5.41) is 9.79. The number of halogens is 2. The first-order chi connectivity index (χ1) is 10.3. The van der Waals surface area contributed by atoms with Gasteiger partial charge in [-0.15, -0.1) is 0 Å². The highest BCUT2D eigenvalue weighted by molar-refractivity contribution is 6.37. The van der Waals surface area contributed by atoms with Gasteiger partial charge in [-0.05, 0) is 17.7 Å². The zero-order valence-electron chi connectivity index (χ0n) is 11.5. The van der Waals surface area contributed by atoms with Crippen LogP contribution in [-0.2, 0) is 20.9 Å². The molecule has 2 rings (SSSR count). The van der Waals surface area contributed by atoms with E-state index in [1.807, 2.05) is 0 Å². The molecule has 22 heavy (non-hydrogen) atoms. The van der Waals surface area contributed by atoms with Crippen LogP contribution in [0.2, 0.25) is 10.0 Å². The van der Waals surface area contributed by atoms with Crippen molar-refractivity contribution in [2.24, 2.45) is 0 Å². The highest BCUT2D eigenvalue weighted by Crippen LogP contribution is 2.36. The molecule has 9 heteroatoms. The molecule has 0 spiro atoms. The first-order valence-corrected chi connectivity index (χ1v) is 6.95. The SMILES string of the molecule is CN1C(=O)CC(Oc2c(Cl)cc(CN(O)C=O)cc2Cl)C1=O. The first kappa shape index (κ1) is 16.5. The molecule has 1 heterocycles. The Balaban J connectivity index is 2.20. The molecule has 0 aliphatic carbocycles. The van der Waals surface area contributed by atoms with Crippen LogP contribution in [0.15, 0.2) is 12.1 Å².